The van der Waals surface area contributed by atoms with Gasteiger partial charge in [-0.15, -0.1) is 25.2 Å². The third-order valence-electron chi connectivity index (χ3n) is 2.14. The standard InChI is InChI=1S/C7H16.2C7H4.C7H3.CH4.40H2/c4*1-3-5-7-6-4-2;;;;;;;;;;;;;;;;;;;;;;;;;;;;;;;;;;;;;;;;;/h3-7H2,1-2H3;2*1H,2H3;1H,2H2;1H4;40*1H/q;;;-1;;;;;;;;;;;;;;;;;;;;;;;;;;;;;;;;;;;;;;;;;. The zero-order chi connectivity index (χ0) is 22.1. The number of rotatable bonds is 4. The molecular weight excluding hydrogens is 348 g/mol. The fraction of sp³-hybridized carbons (Fsp3) is 0.345. The first-order valence-corrected chi connectivity index (χ1v) is 8.63. The van der Waals surface area contributed by atoms with Crippen LogP contribution < -0.4 is 0 Å². The lowest BCUT2D eigenvalue weighted by Crippen LogP contribution is -1.70. The van der Waals surface area contributed by atoms with E-state index in [4.69, 9.17) is 19.3 Å². The van der Waals surface area contributed by atoms with E-state index < -0.39 is 0 Å². The smallest absolute Gasteiger partial charge is 0 e. The Labute approximate surface area is 241 Å². The summed E-state index contributed by atoms with van der Waals surface area (Å²) < 4.78 is 0. The molecule has 0 saturated heterocycles. The zero-order valence-electron chi connectivity index (χ0n) is 17.5. The van der Waals surface area contributed by atoms with Crippen LogP contribution in [0.4, 0.5) is 0 Å². The van der Waals surface area contributed by atoms with Gasteiger partial charge < -0.3 is 0 Å². The van der Waals surface area contributed by atoms with E-state index in [2.05, 4.69) is 110 Å². The summed E-state index contributed by atoms with van der Waals surface area (Å²) in [7, 11) is 0. The Kier molecular flexibility index (Phi) is 61.4. The van der Waals surface area contributed by atoms with Gasteiger partial charge in [0.15, 0.2) is 0 Å². The molecule has 0 fully saturated rings. The quantitative estimate of drug-likeness (QED) is 0.222. The van der Waals surface area contributed by atoms with Gasteiger partial charge in [-0.1, -0.05) is 65.2 Å². The fourth-order valence-corrected chi connectivity index (χ4v) is 1.05. The molecule has 29 heavy (non-hydrogen) atoms. The average Bonchev–Trinajstić information content (AvgIpc) is 2.71. The molecule has 0 rings (SSSR count). The number of terminal acetylenes is 3. The van der Waals surface area contributed by atoms with Crippen molar-refractivity contribution in [1.29, 1.82) is 0 Å². The topological polar surface area (TPSA) is 0 Å². The Morgan fingerprint density at radius 1 is 0.586 bits per heavy atom. The van der Waals surface area contributed by atoms with Crippen molar-refractivity contribution < 1.29 is 57.1 Å². The molecule has 0 atom stereocenters. The van der Waals surface area contributed by atoms with Crippen molar-refractivity contribution >= 4 is 0 Å². The Morgan fingerprint density at radius 3 is 1.17 bits per heavy atom. The van der Waals surface area contributed by atoms with E-state index in [1.54, 1.807) is 13.8 Å². The van der Waals surface area contributed by atoms with Crippen molar-refractivity contribution in [3.05, 3.63) is 6.92 Å². The van der Waals surface area contributed by atoms with Gasteiger partial charge in [0.05, 0.1) is 0 Å². The lowest BCUT2D eigenvalue weighted by atomic mass is 10.2. The second-order valence-electron chi connectivity index (χ2n) is 4.30. The first-order chi connectivity index (χ1) is 13.7. The minimum absolute atomic E-state index is 0. The van der Waals surface area contributed by atoms with Gasteiger partial charge in [-0.2, -0.15) is 6.92 Å². The largest absolute Gasteiger partial charge is 0.284 e. The van der Waals surface area contributed by atoms with Crippen LogP contribution in [0, 0.1) is 115 Å². The molecular formula is C29H111-. The third kappa shape index (κ3) is 80.9. The summed E-state index contributed by atoms with van der Waals surface area (Å²) in [5, 5.41) is 0. The predicted molar refractivity (Wildman–Crippen MR) is 216 cm³/mol. The monoisotopic (exact) mass is 460 g/mol. The maximum absolute atomic E-state index is 4.78. The highest BCUT2D eigenvalue weighted by Crippen LogP contribution is 2.00. The van der Waals surface area contributed by atoms with Crippen molar-refractivity contribution in [2.45, 2.75) is 67.2 Å². The molecule has 0 saturated carbocycles. The molecule has 0 aliphatic rings. The molecule has 0 amide bonds. The molecule has 0 spiro atoms. The second kappa shape index (κ2) is 49.6. The maximum Gasteiger partial charge on any atom is 0 e. The van der Waals surface area contributed by atoms with E-state index in [0.717, 1.165) is 0 Å². The van der Waals surface area contributed by atoms with Gasteiger partial charge in [-0.05, 0) is 73.1 Å². The van der Waals surface area contributed by atoms with E-state index in [9.17, 15) is 0 Å². The van der Waals surface area contributed by atoms with Crippen molar-refractivity contribution in [1.82, 2.24) is 0 Å². The van der Waals surface area contributed by atoms with Crippen LogP contribution in [0.25, 0.3) is 0 Å². The molecule has 228 valence electrons. The van der Waals surface area contributed by atoms with E-state index in [1.807, 2.05) is 0 Å². The second-order valence-corrected chi connectivity index (χ2v) is 4.30. The fourth-order valence-electron chi connectivity index (χ4n) is 1.05. The molecule has 0 aliphatic carbocycles. The minimum atomic E-state index is 0. The van der Waals surface area contributed by atoms with Crippen LogP contribution >= 0.6 is 0 Å². The van der Waals surface area contributed by atoms with Crippen molar-refractivity contribution in [3.63, 3.8) is 0 Å². The van der Waals surface area contributed by atoms with Crippen molar-refractivity contribution in [2.24, 2.45) is 0 Å². The average molecular weight is 460 g/mol. The molecule has 0 aromatic carbocycles. The maximum atomic E-state index is 4.78. The number of unbranched alkanes of at least 4 members (excludes halogenated alkanes) is 4. The van der Waals surface area contributed by atoms with Gasteiger partial charge >= 0.3 is 0 Å². The number of hydrogen-bond donors (Lipinski definition) is 0. The van der Waals surface area contributed by atoms with Crippen LogP contribution in [-0.2, 0) is 0 Å². The van der Waals surface area contributed by atoms with E-state index in [0.29, 0.717) is 0 Å². The molecule has 0 bridgehead atoms. The molecule has 0 aromatic heterocycles. The van der Waals surface area contributed by atoms with Crippen LogP contribution in [0.2, 0.25) is 0 Å². The van der Waals surface area contributed by atoms with Crippen molar-refractivity contribution in [3.8, 4) is 108 Å². The van der Waals surface area contributed by atoms with E-state index in [1.165, 1.54) is 32.1 Å². The Balaban J connectivity index is -0.00000000216. The Morgan fingerprint density at radius 2 is 0.931 bits per heavy atom. The third-order valence-corrected chi connectivity index (χ3v) is 2.14. The molecule has 0 unspecified atom stereocenters. The summed E-state index contributed by atoms with van der Waals surface area (Å²) in [5.74, 6) is 35.5. The molecule has 0 heterocycles. The molecule has 0 aliphatic heterocycles. The first kappa shape index (κ1) is 35.9. The predicted octanol–water partition coefficient (Wildman–Crippen LogP) is 15.2. The van der Waals surface area contributed by atoms with E-state index >= 15 is 0 Å². The molecule has 0 heteroatoms. The Hall–Kier alpha value is -4.09. The summed E-state index contributed by atoms with van der Waals surface area (Å²) in [6.07, 6.45) is 21.3. The lowest BCUT2D eigenvalue weighted by Gasteiger charge is -1.90. The highest BCUT2D eigenvalue weighted by Gasteiger charge is 1.80. The molecule has 0 N–H and O–H groups in total. The summed E-state index contributed by atoms with van der Waals surface area (Å²) in [4.78, 5) is 0. The van der Waals surface area contributed by atoms with Crippen LogP contribution in [-0.4, -0.2) is 0 Å². The number of hydrogen-bond acceptors (Lipinski definition) is 0. The zero-order valence-corrected chi connectivity index (χ0v) is 17.5. The van der Waals surface area contributed by atoms with Crippen LogP contribution in [0.15, 0.2) is 0 Å². The highest BCUT2D eigenvalue weighted by molar-refractivity contribution is 5.34. The van der Waals surface area contributed by atoms with E-state index in [-0.39, 0.29) is 64.5 Å². The SMILES string of the molecule is C.C#CC#CC#CC.C#CC#CC#CC.C#CC#CC#C[CH2-].CCCCCCC.[HH].[HH].[HH].[HH].[HH].[HH].[HH].[HH].[HH].[HH].[HH].[HH].[HH].[HH].[HH].[HH].[HH].[HH].[HH].[HH].[HH].[HH].[HH].[HH].[HH].[HH].[HH].[HH].[HH].[HH].[HH].[HH].[HH].[HH].[HH].[HH].[HH].[HH].[HH].[HH]. The Bertz CT molecular complexity index is 801. The summed E-state index contributed by atoms with van der Waals surface area (Å²) in [5.41, 5.74) is 0. The van der Waals surface area contributed by atoms with Crippen molar-refractivity contribution in [2.75, 3.05) is 0 Å². The normalized spacial score (nSPS) is 4.72. The lowest BCUT2D eigenvalue weighted by molar-refractivity contribution is 0.656. The molecule has 0 nitrogen and oxygen atoms in total. The van der Waals surface area contributed by atoms with Gasteiger partial charge in [0.2, 0.25) is 0 Å². The summed E-state index contributed by atoms with van der Waals surface area (Å²) in [6, 6.07) is 0. The van der Waals surface area contributed by atoms with Crippen LogP contribution in [0.3, 0.4) is 0 Å². The highest BCUT2D eigenvalue weighted by atomic mass is 13.9. The van der Waals surface area contributed by atoms with Crippen LogP contribution in [0.5, 0.6) is 0 Å². The first-order valence-electron chi connectivity index (χ1n) is 8.63. The van der Waals surface area contributed by atoms with Crippen LogP contribution in [0.1, 0.15) is 124 Å². The van der Waals surface area contributed by atoms with Gasteiger partial charge in [-0.3, -0.25) is 5.92 Å². The van der Waals surface area contributed by atoms with Gasteiger partial charge in [0.1, 0.15) is 0 Å². The van der Waals surface area contributed by atoms with Gasteiger partial charge in [0.25, 0.3) is 0 Å². The minimum Gasteiger partial charge on any atom is -0.284 e. The van der Waals surface area contributed by atoms with Gasteiger partial charge in [-0.25, -0.2) is 5.92 Å². The molecule has 0 aromatic rings. The van der Waals surface area contributed by atoms with Gasteiger partial charge in [0, 0.05) is 57.1 Å². The molecule has 0 radical (unpaired) electrons. The summed E-state index contributed by atoms with van der Waals surface area (Å²) in [6.45, 7) is 11.1. The summed E-state index contributed by atoms with van der Waals surface area (Å²) >= 11 is 0.